The van der Waals surface area contributed by atoms with Crippen LogP contribution in [0.4, 0.5) is 4.39 Å². The van der Waals surface area contributed by atoms with E-state index in [-0.39, 0.29) is 42.7 Å². The van der Waals surface area contributed by atoms with E-state index in [0.29, 0.717) is 32.1 Å². The normalized spacial score (nSPS) is 19.2. The van der Waals surface area contributed by atoms with E-state index >= 15 is 0 Å². The van der Waals surface area contributed by atoms with E-state index in [0.717, 1.165) is 29.2 Å². The van der Waals surface area contributed by atoms with Crippen LogP contribution in [0, 0.1) is 5.82 Å². The van der Waals surface area contributed by atoms with Crippen molar-refractivity contribution in [2.75, 3.05) is 33.5 Å². The molecule has 0 radical (unpaired) electrons. The van der Waals surface area contributed by atoms with Gasteiger partial charge in [0.05, 0.1) is 26.0 Å². The van der Waals surface area contributed by atoms with Crippen molar-refractivity contribution in [3.8, 4) is 5.75 Å². The Kier molecular flexibility index (Phi) is 7.30. The number of hydrogen-bond acceptors (Lipinski definition) is 5. The van der Waals surface area contributed by atoms with Gasteiger partial charge in [-0.2, -0.15) is 5.10 Å². The second kappa shape index (κ2) is 9.72. The molecule has 1 fully saturated rings. The Morgan fingerprint density at radius 1 is 1.41 bits per heavy atom. The molecule has 0 saturated carbocycles. The number of fused-ring (bicyclic) bond motifs is 1. The number of guanidine groups is 1. The lowest BCUT2D eigenvalue weighted by Gasteiger charge is -2.35. The Balaban J connectivity index is 0.00000240. The van der Waals surface area contributed by atoms with Crippen LogP contribution in [0.25, 0.3) is 0 Å². The molecule has 1 aromatic carbocycles. The van der Waals surface area contributed by atoms with E-state index in [1.165, 1.54) is 12.1 Å². The van der Waals surface area contributed by atoms with Gasteiger partial charge in [0.2, 0.25) is 0 Å². The number of rotatable bonds is 3. The van der Waals surface area contributed by atoms with E-state index in [1.54, 1.807) is 11.7 Å². The average Bonchev–Trinajstić information content (AvgIpc) is 3.15. The van der Waals surface area contributed by atoms with Gasteiger partial charge in [-0.25, -0.2) is 4.39 Å². The lowest BCUT2D eigenvalue weighted by atomic mass is 10.1. The van der Waals surface area contributed by atoms with Gasteiger partial charge in [0.1, 0.15) is 17.7 Å². The first-order valence-corrected chi connectivity index (χ1v) is 9.21. The smallest absolute Gasteiger partial charge is 0.194 e. The number of nitrogens with one attached hydrogen (secondary N) is 1. The van der Waals surface area contributed by atoms with Crippen LogP contribution in [0.5, 0.6) is 5.75 Å². The molecule has 158 valence electrons. The maximum Gasteiger partial charge on any atom is 0.194 e. The third-order valence-electron chi connectivity index (χ3n) is 4.86. The van der Waals surface area contributed by atoms with Crippen molar-refractivity contribution in [2.45, 2.75) is 19.3 Å². The molecular weight excluding hydrogens is 492 g/mol. The van der Waals surface area contributed by atoms with Gasteiger partial charge < -0.3 is 24.4 Å². The molecule has 1 atom stereocenters. The van der Waals surface area contributed by atoms with Crippen molar-refractivity contribution in [3.05, 3.63) is 47.0 Å². The van der Waals surface area contributed by atoms with Crippen LogP contribution in [0.1, 0.15) is 22.8 Å². The predicted octanol–water partition coefficient (Wildman–Crippen LogP) is 2.19. The minimum atomic E-state index is -0.303. The van der Waals surface area contributed by atoms with Crippen molar-refractivity contribution in [2.24, 2.45) is 12.0 Å². The van der Waals surface area contributed by atoms with Crippen molar-refractivity contribution < 1.29 is 18.6 Å². The summed E-state index contributed by atoms with van der Waals surface area (Å²) in [5, 5.41) is 7.54. The molecule has 0 spiro atoms. The summed E-state index contributed by atoms with van der Waals surface area (Å²) in [5.41, 5.74) is 2.51. The molecule has 29 heavy (non-hydrogen) atoms. The minimum Gasteiger partial charge on any atom is -0.467 e. The molecule has 2 aromatic rings. The fraction of sp³-hybridized carbons (Fsp3) is 0.474. The number of ether oxygens (including phenoxy) is 3. The number of aromatic nitrogens is 2. The summed E-state index contributed by atoms with van der Waals surface area (Å²) in [4.78, 5) is 6.53. The van der Waals surface area contributed by atoms with Gasteiger partial charge in [0.25, 0.3) is 0 Å². The zero-order valence-electron chi connectivity index (χ0n) is 16.4. The van der Waals surface area contributed by atoms with Gasteiger partial charge in [-0.1, -0.05) is 0 Å². The number of hydrogen-bond donors (Lipinski definition) is 1. The molecule has 1 saturated heterocycles. The van der Waals surface area contributed by atoms with Crippen LogP contribution in [0.3, 0.4) is 0 Å². The molecular formula is C19H25FIN5O3. The number of halogens is 2. The molecule has 2 aliphatic rings. The highest BCUT2D eigenvalue weighted by atomic mass is 127. The van der Waals surface area contributed by atoms with Crippen molar-refractivity contribution >= 4 is 29.9 Å². The predicted molar refractivity (Wildman–Crippen MR) is 116 cm³/mol. The third kappa shape index (κ3) is 4.98. The SMILES string of the molecule is CN=C(NCc1cc(F)cc2c1OCOC2)N1CCOC(c2cnn(C)c2)C1.I. The zero-order chi connectivity index (χ0) is 19.5. The summed E-state index contributed by atoms with van der Waals surface area (Å²) < 4.78 is 32.4. The number of aryl methyl sites for hydroxylation is 1. The molecule has 2 aliphatic heterocycles. The molecule has 0 amide bonds. The van der Waals surface area contributed by atoms with Crippen molar-refractivity contribution in [1.82, 2.24) is 20.0 Å². The highest BCUT2D eigenvalue weighted by Gasteiger charge is 2.25. The van der Waals surface area contributed by atoms with E-state index in [4.69, 9.17) is 14.2 Å². The molecule has 0 aliphatic carbocycles. The molecule has 8 nitrogen and oxygen atoms in total. The molecule has 1 aromatic heterocycles. The fourth-order valence-corrected chi connectivity index (χ4v) is 3.54. The van der Waals surface area contributed by atoms with Crippen LogP contribution in [0.2, 0.25) is 0 Å². The maximum atomic E-state index is 14.0. The molecule has 0 bridgehead atoms. The Hall–Kier alpha value is -1.92. The Bertz CT molecular complexity index is 876. The van der Waals surface area contributed by atoms with Gasteiger partial charge in [-0.3, -0.25) is 9.67 Å². The van der Waals surface area contributed by atoms with Gasteiger partial charge in [-0.05, 0) is 12.1 Å². The van der Waals surface area contributed by atoms with Crippen LogP contribution >= 0.6 is 24.0 Å². The maximum absolute atomic E-state index is 14.0. The van der Waals surface area contributed by atoms with Crippen LogP contribution in [-0.2, 0) is 29.7 Å². The van der Waals surface area contributed by atoms with E-state index in [1.807, 2.05) is 19.4 Å². The lowest BCUT2D eigenvalue weighted by Crippen LogP contribution is -2.48. The fourth-order valence-electron chi connectivity index (χ4n) is 3.54. The first kappa shape index (κ1) is 21.8. The number of benzene rings is 1. The average molecular weight is 517 g/mol. The number of morpholine rings is 1. The summed E-state index contributed by atoms with van der Waals surface area (Å²) in [5.74, 6) is 1.12. The Labute approximate surface area is 186 Å². The minimum absolute atomic E-state index is 0. The lowest BCUT2D eigenvalue weighted by molar-refractivity contribution is -0.0173. The monoisotopic (exact) mass is 517 g/mol. The molecule has 1 N–H and O–H groups in total. The highest BCUT2D eigenvalue weighted by Crippen LogP contribution is 2.29. The standard InChI is InChI=1S/C19H24FN5O3.HI/c1-21-19(25-3-4-27-17(10-25)15-8-23-24(2)9-15)22-7-13-5-16(20)6-14-11-26-12-28-18(13)14;/h5-6,8-9,17H,3-4,7,10-12H2,1-2H3,(H,21,22);1H. The van der Waals surface area contributed by atoms with Crippen molar-refractivity contribution in [1.29, 1.82) is 0 Å². The van der Waals surface area contributed by atoms with Gasteiger partial charge in [0.15, 0.2) is 12.8 Å². The van der Waals surface area contributed by atoms with Crippen molar-refractivity contribution in [3.63, 3.8) is 0 Å². The second-order valence-electron chi connectivity index (χ2n) is 6.82. The molecule has 3 heterocycles. The summed E-state index contributed by atoms with van der Waals surface area (Å²) >= 11 is 0. The Morgan fingerprint density at radius 2 is 2.28 bits per heavy atom. The molecule has 4 rings (SSSR count). The van der Waals surface area contributed by atoms with Crippen LogP contribution in [-0.4, -0.2) is 54.2 Å². The van der Waals surface area contributed by atoms with Crippen LogP contribution in [0.15, 0.2) is 29.5 Å². The number of aliphatic imine (C=N–C) groups is 1. The molecule has 1 unspecified atom stereocenters. The summed E-state index contributed by atoms with van der Waals surface area (Å²) in [6.07, 6.45) is 3.72. The highest BCUT2D eigenvalue weighted by molar-refractivity contribution is 14.0. The van der Waals surface area contributed by atoms with Gasteiger partial charge >= 0.3 is 0 Å². The van der Waals surface area contributed by atoms with E-state index in [2.05, 4.69) is 20.3 Å². The van der Waals surface area contributed by atoms with E-state index in [9.17, 15) is 4.39 Å². The molecule has 10 heteroatoms. The topological polar surface area (TPSA) is 73.1 Å². The summed E-state index contributed by atoms with van der Waals surface area (Å²) in [6, 6.07) is 2.94. The van der Waals surface area contributed by atoms with Gasteiger partial charge in [0, 0.05) is 50.1 Å². The van der Waals surface area contributed by atoms with E-state index < -0.39 is 0 Å². The van der Waals surface area contributed by atoms with Gasteiger partial charge in [-0.15, -0.1) is 24.0 Å². The largest absolute Gasteiger partial charge is 0.467 e. The van der Waals surface area contributed by atoms with Crippen LogP contribution < -0.4 is 10.1 Å². The zero-order valence-corrected chi connectivity index (χ0v) is 18.8. The number of nitrogens with zero attached hydrogens (tertiary/aromatic N) is 4. The Morgan fingerprint density at radius 3 is 3.03 bits per heavy atom. The first-order valence-electron chi connectivity index (χ1n) is 9.21. The second-order valence-corrected chi connectivity index (χ2v) is 6.82. The third-order valence-corrected chi connectivity index (χ3v) is 4.86. The quantitative estimate of drug-likeness (QED) is 0.383. The summed E-state index contributed by atoms with van der Waals surface area (Å²) in [7, 11) is 3.62. The summed E-state index contributed by atoms with van der Waals surface area (Å²) in [6.45, 7) is 2.92. The first-order chi connectivity index (χ1) is 13.6.